The van der Waals surface area contributed by atoms with Gasteiger partial charge in [0.25, 0.3) is 0 Å². The molecule has 0 radical (unpaired) electrons. The highest BCUT2D eigenvalue weighted by atomic mass is 16.5. The lowest BCUT2D eigenvalue weighted by Crippen LogP contribution is -2.20. The molecule has 0 heterocycles. The van der Waals surface area contributed by atoms with Gasteiger partial charge in [0.15, 0.2) is 0 Å². The molecule has 0 aromatic heterocycles. The summed E-state index contributed by atoms with van der Waals surface area (Å²) in [6.07, 6.45) is 0.162. The molecule has 3 nitrogen and oxygen atoms in total. The summed E-state index contributed by atoms with van der Waals surface area (Å²) in [6.45, 7) is 9.19. The molecule has 3 heteroatoms. The van der Waals surface area contributed by atoms with Crippen molar-refractivity contribution in [2.24, 2.45) is 0 Å². The zero-order chi connectivity index (χ0) is 12.8. The van der Waals surface area contributed by atoms with Crippen LogP contribution < -0.4 is 14.8 Å². The van der Waals surface area contributed by atoms with Crippen LogP contribution in [-0.2, 0) is 0 Å². The Morgan fingerprint density at radius 1 is 1.18 bits per heavy atom. The Morgan fingerprint density at radius 2 is 1.82 bits per heavy atom. The number of hydrogen-bond acceptors (Lipinski definition) is 3. The molecule has 0 saturated heterocycles. The van der Waals surface area contributed by atoms with Crippen molar-refractivity contribution in [1.82, 2.24) is 5.32 Å². The molecule has 0 aliphatic rings. The Bertz CT molecular complexity index is 350. The van der Waals surface area contributed by atoms with Gasteiger partial charge in [0.1, 0.15) is 11.5 Å². The van der Waals surface area contributed by atoms with E-state index in [1.165, 1.54) is 0 Å². The average molecular weight is 237 g/mol. The van der Waals surface area contributed by atoms with Gasteiger partial charge in [0, 0.05) is 6.04 Å². The summed E-state index contributed by atoms with van der Waals surface area (Å²) in [6, 6.07) is 6.13. The SMILES string of the molecule is CCNC(C)c1c(OC)cccc1OC(C)C. The maximum atomic E-state index is 5.84. The van der Waals surface area contributed by atoms with Gasteiger partial charge in [-0.25, -0.2) is 0 Å². The Kier molecular flexibility index (Phi) is 5.29. The summed E-state index contributed by atoms with van der Waals surface area (Å²) in [5.41, 5.74) is 1.09. The largest absolute Gasteiger partial charge is 0.496 e. The quantitative estimate of drug-likeness (QED) is 0.824. The molecule has 96 valence electrons. The summed E-state index contributed by atoms with van der Waals surface area (Å²) in [5.74, 6) is 1.77. The van der Waals surface area contributed by atoms with Crippen LogP contribution >= 0.6 is 0 Å². The van der Waals surface area contributed by atoms with Crippen LogP contribution in [0.25, 0.3) is 0 Å². The minimum absolute atomic E-state index is 0.162. The van der Waals surface area contributed by atoms with Gasteiger partial charge in [-0.1, -0.05) is 13.0 Å². The van der Waals surface area contributed by atoms with Gasteiger partial charge >= 0.3 is 0 Å². The molecule has 0 amide bonds. The molecular weight excluding hydrogens is 214 g/mol. The van der Waals surface area contributed by atoms with Crippen molar-refractivity contribution in [3.8, 4) is 11.5 Å². The van der Waals surface area contributed by atoms with Crippen LogP contribution in [0.4, 0.5) is 0 Å². The van der Waals surface area contributed by atoms with Crippen LogP contribution in [0.1, 0.15) is 39.3 Å². The Balaban J connectivity index is 3.10. The lowest BCUT2D eigenvalue weighted by Gasteiger charge is -2.21. The summed E-state index contributed by atoms with van der Waals surface area (Å²) in [5, 5.41) is 3.39. The molecule has 1 rings (SSSR count). The maximum absolute atomic E-state index is 5.84. The summed E-state index contributed by atoms with van der Waals surface area (Å²) in [7, 11) is 1.69. The summed E-state index contributed by atoms with van der Waals surface area (Å²) >= 11 is 0. The van der Waals surface area contributed by atoms with Crippen molar-refractivity contribution in [3.05, 3.63) is 23.8 Å². The van der Waals surface area contributed by atoms with Gasteiger partial charge in [-0.05, 0) is 39.4 Å². The van der Waals surface area contributed by atoms with Crippen molar-refractivity contribution in [2.45, 2.75) is 39.8 Å². The monoisotopic (exact) mass is 237 g/mol. The molecule has 1 aromatic rings. The molecule has 1 aromatic carbocycles. The first-order valence-electron chi connectivity index (χ1n) is 6.17. The topological polar surface area (TPSA) is 30.5 Å². The summed E-state index contributed by atoms with van der Waals surface area (Å²) < 4.78 is 11.3. The van der Waals surface area contributed by atoms with E-state index in [0.717, 1.165) is 23.6 Å². The first-order valence-corrected chi connectivity index (χ1v) is 6.17. The highest BCUT2D eigenvalue weighted by Gasteiger charge is 2.17. The van der Waals surface area contributed by atoms with E-state index in [4.69, 9.17) is 9.47 Å². The molecule has 1 N–H and O–H groups in total. The Labute approximate surface area is 104 Å². The first-order chi connectivity index (χ1) is 8.10. The zero-order valence-electron chi connectivity index (χ0n) is 11.4. The van der Waals surface area contributed by atoms with E-state index in [2.05, 4.69) is 19.2 Å². The number of ether oxygens (including phenoxy) is 2. The molecule has 1 atom stereocenters. The molecule has 0 aliphatic carbocycles. The van der Waals surface area contributed by atoms with Crippen LogP contribution in [0, 0.1) is 0 Å². The average Bonchev–Trinajstić information content (AvgIpc) is 2.28. The number of methoxy groups -OCH3 is 1. The predicted molar refractivity (Wildman–Crippen MR) is 70.8 cm³/mol. The standard InChI is InChI=1S/C14H23NO2/c1-6-15-11(4)14-12(16-5)8-7-9-13(14)17-10(2)3/h7-11,15H,6H2,1-5H3. The number of hydrogen-bond donors (Lipinski definition) is 1. The second kappa shape index (κ2) is 6.50. The third-order valence-electron chi connectivity index (χ3n) is 2.55. The van der Waals surface area contributed by atoms with Gasteiger partial charge in [-0.2, -0.15) is 0 Å². The molecule has 0 aliphatic heterocycles. The number of benzene rings is 1. The van der Waals surface area contributed by atoms with Gasteiger partial charge < -0.3 is 14.8 Å². The third kappa shape index (κ3) is 3.63. The highest BCUT2D eigenvalue weighted by Crippen LogP contribution is 2.34. The third-order valence-corrected chi connectivity index (χ3v) is 2.55. The van der Waals surface area contributed by atoms with E-state index >= 15 is 0 Å². The van der Waals surface area contributed by atoms with E-state index in [1.807, 2.05) is 32.0 Å². The number of rotatable bonds is 6. The summed E-state index contributed by atoms with van der Waals surface area (Å²) in [4.78, 5) is 0. The molecule has 0 saturated carbocycles. The fourth-order valence-corrected chi connectivity index (χ4v) is 1.89. The maximum Gasteiger partial charge on any atom is 0.128 e. The lowest BCUT2D eigenvalue weighted by atomic mass is 10.1. The van der Waals surface area contributed by atoms with E-state index in [-0.39, 0.29) is 12.1 Å². The lowest BCUT2D eigenvalue weighted by molar-refractivity contribution is 0.236. The molecule has 17 heavy (non-hydrogen) atoms. The van der Waals surface area contributed by atoms with E-state index in [0.29, 0.717) is 0 Å². The van der Waals surface area contributed by atoms with Gasteiger partial charge in [0.2, 0.25) is 0 Å². The Morgan fingerprint density at radius 3 is 2.35 bits per heavy atom. The van der Waals surface area contributed by atoms with Crippen LogP contribution in [0.2, 0.25) is 0 Å². The van der Waals surface area contributed by atoms with Crippen molar-refractivity contribution in [3.63, 3.8) is 0 Å². The second-order valence-electron chi connectivity index (χ2n) is 4.32. The van der Waals surface area contributed by atoms with Crippen LogP contribution in [-0.4, -0.2) is 19.8 Å². The van der Waals surface area contributed by atoms with E-state index in [1.54, 1.807) is 7.11 Å². The van der Waals surface area contributed by atoms with E-state index in [9.17, 15) is 0 Å². The fourth-order valence-electron chi connectivity index (χ4n) is 1.89. The van der Waals surface area contributed by atoms with Crippen LogP contribution in [0.3, 0.4) is 0 Å². The normalized spacial score (nSPS) is 12.6. The van der Waals surface area contributed by atoms with Gasteiger partial charge in [0.05, 0.1) is 18.8 Å². The minimum Gasteiger partial charge on any atom is -0.496 e. The Hall–Kier alpha value is -1.22. The van der Waals surface area contributed by atoms with Crippen molar-refractivity contribution < 1.29 is 9.47 Å². The van der Waals surface area contributed by atoms with Crippen LogP contribution in [0.5, 0.6) is 11.5 Å². The number of nitrogens with one attached hydrogen (secondary N) is 1. The zero-order valence-corrected chi connectivity index (χ0v) is 11.4. The van der Waals surface area contributed by atoms with E-state index < -0.39 is 0 Å². The molecule has 1 unspecified atom stereocenters. The minimum atomic E-state index is 0.162. The van der Waals surface area contributed by atoms with Gasteiger partial charge in [-0.3, -0.25) is 0 Å². The first kappa shape index (κ1) is 13.8. The van der Waals surface area contributed by atoms with Crippen LogP contribution in [0.15, 0.2) is 18.2 Å². The molecule has 0 fully saturated rings. The van der Waals surface area contributed by atoms with Crippen molar-refractivity contribution in [1.29, 1.82) is 0 Å². The fraction of sp³-hybridized carbons (Fsp3) is 0.571. The van der Waals surface area contributed by atoms with Crippen molar-refractivity contribution in [2.75, 3.05) is 13.7 Å². The predicted octanol–water partition coefficient (Wildman–Crippen LogP) is 3.15. The second-order valence-corrected chi connectivity index (χ2v) is 4.32. The van der Waals surface area contributed by atoms with Crippen molar-refractivity contribution >= 4 is 0 Å². The highest BCUT2D eigenvalue weighted by molar-refractivity contribution is 5.46. The molecule has 0 bridgehead atoms. The van der Waals surface area contributed by atoms with Gasteiger partial charge in [-0.15, -0.1) is 0 Å². The smallest absolute Gasteiger partial charge is 0.128 e. The molecule has 0 spiro atoms. The molecular formula is C14H23NO2.